The number of esters is 1. The zero-order chi connectivity index (χ0) is 18.7. The van der Waals surface area contributed by atoms with E-state index in [0.29, 0.717) is 11.6 Å². The van der Waals surface area contributed by atoms with Crippen molar-refractivity contribution in [1.29, 1.82) is 0 Å². The maximum absolute atomic E-state index is 12.2. The van der Waals surface area contributed by atoms with Gasteiger partial charge in [0.25, 0.3) is 0 Å². The van der Waals surface area contributed by atoms with Gasteiger partial charge in [0, 0.05) is 13.1 Å². The minimum Gasteiger partial charge on any atom is -0.465 e. The summed E-state index contributed by atoms with van der Waals surface area (Å²) in [6.07, 6.45) is 1.92. The predicted octanol–water partition coefficient (Wildman–Crippen LogP) is 2.50. The van der Waals surface area contributed by atoms with Crippen LogP contribution in [0.25, 0.3) is 0 Å². The number of nitrogens with two attached hydrogens (primary N) is 1. The van der Waals surface area contributed by atoms with Crippen LogP contribution in [0.2, 0.25) is 0 Å². The quantitative estimate of drug-likeness (QED) is 0.831. The highest BCUT2D eigenvalue weighted by atomic mass is 32.2. The number of primary sulfonamides is 1. The number of methoxy groups -OCH3 is 1. The van der Waals surface area contributed by atoms with Gasteiger partial charge in [0.15, 0.2) is 0 Å². The lowest BCUT2D eigenvalue weighted by Crippen LogP contribution is -2.34. The highest BCUT2D eigenvalue weighted by molar-refractivity contribution is 7.89. The summed E-state index contributed by atoms with van der Waals surface area (Å²) in [6.45, 7) is 1.55. The molecule has 1 saturated heterocycles. The van der Waals surface area contributed by atoms with Crippen molar-refractivity contribution in [2.24, 2.45) is 5.14 Å². The van der Waals surface area contributed by atoms with Gasteiger partial charge in [-0.05, 0) is 42.5 Å². The normalized spacial score (nSPS) is 15.7. The molecule has 1 aliphatic rings. The van der Waals surface area contributed by atoms with E-state index in [1.807, 2.05) is 18.2 Å². The molecule has 2 N–H and O–H groups in total. The second-order valence-electron chi connectivity index (χ2n) is 6.39. The van der Waals surface area contributed by atoms with Crippen LogP contribution >= 0.6 is 0 Å². The number of anilines is 1. The van der Waals surface area contributed by atoms with Gasteiger partial charge in [-0.25, -0.2) is 18.4 Å². The van der Waals surface area contributed by atoms with Crippen molar-refractivity contribution >= 4 is 21.7 Å². The maximum Gasteiger partial charge on any atom is 0.340 e. The first-order valence-corrected chi connectivity index (χ1v) is 10.00. The van der Waals surface area contributed by atoms with E-state index in [-0.39, 0.29) is 10.5 Å². The third-order valence-electron chi connectivity index (χ3n) is 4.81. The van der Waals surface area contributed by atoms with Crippen molar-refractivity contribution in [2.75, 3.05) is 25.1 Å². The third kappa shape index (κ3) is 3.89. The van der Waals surface area contributed by atoms with Gasteiger partial charge in [0.2, 0.25) is 10.0 Å². The molecule has 0 aromatic heterocycles. The molecule has 138 valence electrons. The first-order chi connectivity index (χ1) is 12.4. The number of rotatable bonds is 4. The van der Waals surface area contributed by atoms with E-state index in [9.17, 15) is 13.2 Å². The Kier molecular flexibility index (Phi) is 5.29. The number of sulfonamides is 1. The highest BCUT2D eigenvalue weighted by Gasteiger charge is 2.25. The summed E-state index contributed by atoms with van der Waals surface area (Å²) in [5.74, 6) is -0.0894. The lowest BCUT2D eigenvalue weighted by molar-refractivity contribution is 0.0601. The Morgan fingerprint density at radius 2 is 1.77 bits per heavy atom. The molecule has 2 aromatic rings. The van der Waals surface area contributed by atoms with Crippen molar-refractivity contribution in [2.45, 2.75) is 23.7 Å². The molecule has 0 radical (unpaired) electrons. The Morgan fingerprint density at radius 1 is 1.12 bits per heavy atom. The number of benzene rings is 2. The van der Waals surface area contributed by atoms with Crippen LogP contribution in [0.5, 0.6) is 0 Å². The van der Waals surface area contributed by atoms with Crippen LogP contribution < -0.4 is 10.0 Å². The van der Waals surface area contributed by atoms with Gasteiger partial charge in [0.1, 0.15) is 0 Å². The number of piperidine rings is 1. The Bertz CT molecular complexity index is 889. The van der Waals surface area contributed by atoms with Gasteiger partial charge < -0.3 is 9.64 Å². The highest BCUT2D eigenvalue weighted by Crippen LogP contribution is 2.32. The first-order valence-electron chi connectivity index (χ1n) is 8.45. The van der Waals surface area contributed by atoms with Crippen LogP contribution in [0.1, 0.15) is 34.7 Å². The number of hydrogen-bond donors (Lipinski definition) is 1. The summed E-state index contributed by atoms with van der Waals surface area (Å²) in [7, 11) is -2.61. The molecule has 0 bridgehead atoms. The number of carbonyl (C=O) groups is 1. The van der Waals surface area contributed by atoms with Crippen LogP contribution in [0, 0.1) is 0 Å². The van der Waals surface area contributed by atoms with Crippen molar-refractivity contribution < 1.29 is 17.9 Å². The summed E-state index contributed by atoms with van der Waals surface area (Å²) in [5, 5.41) is 5.18. The van der Waals surface area contributed by atoms with Gasteiger partial charge >= 0.3 is 5.97 Å². The van der Waals surface area contributed by atoms with Gasteiger partial charge in [-0.3, -0.25) is 0 Å². The monoisotopic (exact) mass is 374 g/mol. The number of hydrogen-bond acceptors (Lipinski definition) is 5. The minimum absolute atomic E-state index is 0.0965. The minimum atomic E-state index is -3.89. The third-order valence-corrected chi connectivity index (χ3v) is 5.72. The molecule has 0 unspecified atom stereocenters. The van der Waals surface area contributed by atoms with Crippen LogP contribution in [0.3, 0.4) is 0 Å². The van der Waals surface area contributed by atoms with Gasteiger partial charge in [-0.2, -0.15) is 0 Å². The van der Waals surface area contributed by atoms with E-state index in [0.717, 1.165) is 25.9 Å². The Morgan fingerprint density at radius 3 is 2.35 bits per heavy atom. The summed E-state index contributed by atoms with van der Waals surface area (Å²) in [5.41, 5.74) is 2.22. The fraction of sp³-hybridized carbons (Fsp3) is 0.316. The second kappa shape index (κ2) is 7.47. The lowest BCUT2D eigenvalue weighted by Gasteiger charge is -2.34. The lowest BCUT2D eigenvalue weighted by atomic mass is 9.89. The van der Waals surface area contributed by atoms with Crippen molar-refractivity contribution in [3.63, 3.8) is 0 Å². The van der Waals surface area contributed by atoms with Crippen LogP contribution in [0.4, 0.5) is 5.69 Å². The molecule has 2 aromatic carbocycles. The van der Waals surface area contributed by atoms with Crippen molar-refractivity contribution in [3.8, 4) is 0 Å². The molecule has 26 heavy (non-hydrogen) atoms. The van der Waals surface area contributed by atoms with Crippen molar-refractivity contribution in [1.82, 2.24) is 0 Å². The van der Waals surface area contributed by atoms with E-state index in [4.69, 9.17) is 9.88 Å². The largest absolute Gasteiger partial charge is 0.465 e. The molecular formula is C19H22N2O4S. The van der Waals surface area contributed by atoms with E-state index in [1.165, 1.54) is 24.8 Å². The number of carbonyl (C=O) groups excluding carboxylic acids is 1. The fourth-order valence-corrected chi connectivity index (χ4v) is 3.96. The van der Waals surface area contributed by atoms with Gasteiger partial charge in [0.05, 0.1) is 23.3 Å². The molecule has 0 aliphatic carbocycles. The summed E-state index contributed by atoms with van der Waals surface area (Å²) >= 11 is 0. The number of ether oxygens (including phenoxy) is 1. The summed E-state index contributed by atoms with van der Waals surface area (Å²) in [4.78, 5) is 14.2. The molecule has 3 rings (SSSR count). The van der Waals surface area contributed by atoms with Crippen molar-refractivity contribution in [3.05, 3.63) is 59.7 Å². The van der Waals surface area contributed by atoms with E-state index in [1.54, 1.807) is 6.07 Å². The zero-order valence-electron chi connectivity index (χ0n) is 14.6. The molecule has 0 amide bonds. The first kappa shape index (κ1) is 18.4. The van der Waals surface area contributed by atoms with Crippen LogP contribution in [0.15, 0.2) is 53.4 Å². The van der Waals surface area contributed by atoms with E-state index >= 15 is 0 Å². The van der Waals surface area contributed by atoms with Gasteiger partial charge in [-0.1, -0.05) is 30.3 Å². The van der Waals surface area contributed by atoms with Crippen LogP contribution in [-0.4, -0.2) is 34.6 Å². The molecule has 0 atom stereocenters. The fourth-order valence-electron chi connectivity index (χ4n) is 3.42. The molecule has 7 heteroatoms. The van der Waals surface area contributed by atoms with Crippen LogP contribution in [-0.2, 0) is 14.8 Å². The summed E-state index contributed by atoms with van der Waals surface area (Å²) in [6, 6.07) is 14.7. The Hall–Kier alpha value is -2.38. The molecule has 1 aliphatic heterocycles. The average Bonchev–Trinajstić information content (AvgIpc) is 2.67. The standard InChI is InChI=1S/C19H22N2O4S/c1-25-19(22)17-13-16(26(20,23)24)7-8-18(17)21-11-9-15(10-12-21)14-5-3-2-4-6-14/h2-8,13,15H,9-12H2,1H3,(H2,20,23,24). The molecular weight excluding hydrogens is 352 g/mol. The van der Waals surface area contributed by atoms with E-state index in [2.05, 4.69) is 17.0 Å². The Labute approximate surface area is 153 Å². The predicted molar refractivity (Wildman–Crippen MR) is 99.8 cm³/mol. The molecule has 1 fully saturated rings. The second-order valence-corrected chi connectivity index (χ2v) is 7.95. The topological polar surface area (TPSA) is 89.7 Å². The molecule has 0 spiro atoms. The molecule has 1 heterocycles. The number of nitrogens with zero attached hydrogens (tertiary/aromatic N) is 1. The van der Waals surface area contributed by atoms with E-state index < -0.39 is 16.0 Å². The summed E-state index contributed by atoms with van der Waals surface area (Å²) < 4.78 is 28.0. The molecule has 0 saturated carbocycles. The Balaban J connectivity index is 1.84. The van der Waals surface area contributed by atoms with Gasteiger partial charge in [-0.15, -0.1) is 0 Å². The zero-order valence-corrected chi connectivity index (χ0v) is 15.4. The smallest absolute Gasteiger partial charge is 0.340 e. The molecule has 6 nitrogen and oxygen atoms in total. The average molecular weight is 374 g/mol. The maximum atomic E-state index is 12.2. The SMILES string of the molecule is COC(=O)c1cc(S(N)(=O)=O)ccc1N1CCC(c2ccccc2)CC1.